The van der Waals surface area contributed by atoms with Gasteiger partial charge in [-0.05, 0) is 29.9 Å². The van der Waals surface area contributed by atoms with Crippen molar-refractivity contribution in [2.24, 2.45) is 0 Å². The Kier molecular flexibility index (Phi) is 3.17. The van der Waals surface area contributed by atoms with Gasteiger partial charge in [-0.25, -0.2) is 0 Å². The van der Waals surface area contributed by atoms with Crippen molar-refractivity contribution in [2.45, 2.75) is 6.04 Å². The largest absolute Gasteiger partial charge is 0.351 e. The van der Waals surface area contributed by atoms with Crippen LogP contribution in [-0.2, 0) is 0 Å². The summed E-state index contributed by atoms with van der Waals surface area (Å²) in [5.41, 5.74) is 3.51. The first-order valence-electron chi connectivity index (χ1n) is 7.26. The molecule has 0 fully saturated rings. The van der Waals surface area contributed by atoms with Crippen LogP contribution in [0.25, 0.3) is 5.70 Å². The van der Waals surface area contributed by atoms with Crippen LogP contribution in [0.4, 0.5) is 5.69 Å². The molecule has 0 saturated heterocycles. The number of nitro groups is 1. The number of thiocarbonyl (C=S) groups is 1. The van der Waals surface area contributed by atoms with Crippen molar-refractivity contribution < 1.29 is 9.72 Å². The van der Waals surface area contributed by atoms with Gasteiger partial charge in [0, 0.05) is 23.3 Å². The van der Waals surface area contributed by atoms with Crippen molar-refractivity contribution in [3.8, 4) is 0 Å². The molecule has 0 saturated carbocycles. The van der Waals surface area contributed by atoms with E-state index in [1.807, 2.05) is 18.2 Å². The maximum Gasteiger partial charge on any atom is 0.269 e. The zero-order valence-electron chi connectivity index (χ0n) is 12.3. The average molecular weight is 337 g/mol. The highest BCUT2D eigenvalue weighted by atomic mass is 32.1. The number of nitrogens with zero attached hydrogens (tertiary/aromatic N) is 1. The fourth-order valence-corrected chi connectivity index (χ4v) is 3.32. The minimum atomic E-state index is -0.453. The topological polar surface area (TPSA) is 84.3 Å². The lowest BCUT2D eigenvalue weighted by Gasteiger charge is -2.28. The Morgan fingerprint density at radius 2 is 1.71 bits per heavy atom. The van der Waals surface area contributed by atoms with E-state index in [9.17, 15) is 14.9 Å². The molecule has 118 valence electrons. The van der Waals surface area contributed by atoms with Crippen molar-refractivity contribution in [1.82, 2.24) is 10.6 Å². The Labute approximate surface area is 142 Å². The Bertz CT molecular complexity index is 934. The lowest BCUT2D eigenvalue weighted by atomic mass is 9.94. The number of rotatable bonds is 2. The highest BCUT2D eigenvalue weighted by Crippen LogP contribution is 2.40. The first-order valence-corrected chi connectivity index (χ1v) is 7.67. The van der Waals surface area contributed by atoms with Gasteiger partial charge in [0.05, 0.1) is 22.2 Å². The van der Waals surface area contributed by atoms with Gasteiger partial charge in [0.25, 0.3) is 5.69 Å². The Morgan fingerprint density at radius 3 is 2.38 bits per heavy atom. The van der Waals surface area contributed by atoms with Crippen LogP contribution in [-0.4, -0.2) is 15.8 Å². The van der Waals surface area contributed by atoms with E-state index in [1.165, 1.54) is 12.1 Å². The number of carbonyl (C=O) groups excluding carboxylic acids is 1. The van der Waals surface area contributed by atoms with Gasteiger partial charge in [-0.2, -0.15) is 0 Å². The van der Waals surface area contributed by atoms with Gasteiger partial charge in [0.2, 0.25) is 0 Å². The molecule has 2 aromatic carbocycles. The maximum absolute atomic E-state index is 12.8. The number of carbonyl (C=O) groups is 1. The summed E-state index contributed by atoms with van der Waals surface area (Å²) in [6.45, 7) is 0. The molecule has 0 aromatic heterocycles. The lowest BCUT2D eigenvalue weighted by molar-refractivity contribution is -0.384. The molecule has 24 heavy (non-hydrogen) atoms. The number of nitro benzene ring substituents is 1. The van der Waals surface area contributed by atoms with Crippen molar-refractivity contribution >= 4 is 34.5 Å². The Balaban J connectivity index is 1.82. The van der Waals surface area contributed by atoms with Crippen molar-refractivity contribution in [1.29, 1.82) is 0 Å². The molecule has 1 aliphatic heterocycles. The summed E-state index contributed by atoms with van der Waals surface area (Å²) in [5, 5.41) is 17.4. The number of nitrogens with one attached hydrogen (secondary N) is 2. The summed E-state index contributed by atoms with van der Waals surface area (Å²) in [6.07, 6.45) is 0. The SMILES string of the molecule is O=C1C2=C(NC(=S)NC2c2ccc([N+](=O)[O-])cc2)c2ccccc21. The van der Waals surface area contributed by atoms with Crippen LogP contribution in [0.2, 0.25) is 0 Å². The van der Waals surface area contributed by atoms with Crippen LogP contribution in [0.3, 0.4) is 0 Å². The van der Waals surface area contributed by atoms with Crippen LogP contribution >= 0.6 is 12.2 Å². The summed E-state index contributed by atoms with van der Waals surface area (Å²) >= 11 is 5.27. The molecule has 1 unspecified atom stereocenters. The molecular weight excluding hydrogens is 326 g/mol. The Hall–Kier alpha value is -3.06. The predicted octanol–water partition coefficient (Wildman–Crippen LogP) is 2.72. The molecule has 1 heterocycles. The zero-order chi connectivity index (χ0) is 16.8. The van der Waals surface area contributed by atoms with Crippen molar-refractivity contribution in [2.75, 3.05) is 0 Å². The average Bonchev–Trinajstić information content (AvgIpc) is 2.87. The summed E-state index contributed by atoms with van der Waals surface area (Å²) in [5.74, 6) is -0.0635. The molecule has 4 rings (SSSR count). The minimum absolute atomic E-state index is 0.00509. The molecule has 0 radical (unpaired) electrons. The minimum Gasteiger partial charge on any atom is -0.351 e. The summed E-state index contributed by atoms with van der Waals surface area (Å²) in [7, 11) is 0. The van der Waals surface area contributed by atoms with Gasteiger partial charge in [0.1, 0.15) is 0 Å². The number of fused-ring (bicyclic) bond motifs is 2. The molecule has 6 nitrogen and oxygen atoms in total. The maximum atomic E-state index is 12.8. The van der Waals surface area contributed by atoms with Gasteiger partial charge in [-0.3, -0.25) is 14.9 Å². The quantitative estimate of drug-likeness (QED) is 0.498. The summed E-state index contributed by atoms with van der Waals surface area (Å²) < 4.78 is 0. The van der Waals surface area contributed by atoms with Gasteiger partial charge in [0.15, 0.2) is 10.9 Å². The van der Waals surface area contributed by atoms with Gasteiger partial charge in [-0.1, -0.05) is 24.3 Å². The molecule has 2 aromatic rings. The molecule has 7 heteroatoms. The van der Waals surface area contributed by atoms with Crippen molar-refractivity contribution in [3.05, 3.63) is 80.9 Å². The van der Waals surface area contributed by atoms with E-state index in [0.29, 0.717) is 21.9 Å². The fourth-order valence-electron chi connectivity index (χ4n) is 3.10. The van der Waals surface area contributed by atoms with Crippen LogP contribution < -0.4 is 10.6 Å². The van der Waals surface area contributed by atoms with E-state index in [0.717, 1.165) is 11.1 Å². The molecule has 2 N–H and O–H groups in total. The third kappa shape index (κ3) is 2.10. The highest BCUT2D eigenvalue weighted by Gasteiger charge is 2.38. The normalized spacial score (nSPS) is 18.6. The van der Waals surface area contributed by atoms with Crippen LogP contribution in [0, 0.1) is 10.1 Å². The number of non-ortho nitro benzene ring substituents is 1. The van der Waals surface area contributed by atoms with E-state index in [-0.39, 0.29) is 11.5 Å². The monoisotopic (exact) mass is 337 g/mol. The Morgan fingerprint density at radius 1 is 1.04 bits per heavy atom. The van der Waals surface area contributed by atoms with Gasteiger partial charge < -0.3 is 10.6 Å². The summed E-state index contributed by atoms with van der Waals surface area (Å²) in [4.78, 5) is 23.2. The van der Waals surface area contributed by atoms with Crippen LogP contribution in [0.5, 0.6) is 0 Å². The molecule has 0 bridgehead atoms. The second-order valence-corrected chi connectivity index (χ2v) is 5.95. The second-order valence-electron chi connectivity index (χ2n) is 5.54. The first-order chi connectivity index (χ1) is 11.6. The van der Waals surface area contributed by atoms with E-state index in [4.69, 9.17) is 12.2 Å². The number of hydrogen-bond acceptors (Lipinski definition) is 4. The van der Waals surface area contributed by atoms with Gasteiger partial charge in [-0.15, -0.1) is 0 Å². The first kappa shape index (κ1) is 14.5. The standard InChI is InChI=1S/C17H11N3O3S/c21-16-12-4-2-1-3-11(12)15-13(16)14(18-17(24)19-15)9-5-7-10(8-6-9)20(22)23/h1-8,14H,(H2,18,19,24). The molecular formula is C17H11N3O3S. The predicted molar refractivity (Wildman–Crippen MR) is 92.4 cm³/mol. The molecule has 2 aliphatic rings. The van der Waals surface area contributed by atoms with E-state index >= 15 is 0 Å². The molecule has 1 atom stereocenters. The van der Waals surface area contributed by atoms with Gasteiger partial charge >= 0.3 is 0 Å². The number of ketones is 1. The number of Topliss-reactive ketones (excluding diaryl/α,β-unsaturated/α-hetero) is 1. The molecule has 1 aliphatic carbocycles. The second kappa shape index (κ2) is 5.24. The lowest BCUT2D eigenvalue weighted by Crippen LogP contribution is -2.43. The van der Waals surface area contributed by atoms with E-state index < -0.39 is 11.0 Å². The highest BCUT2D eigenvalue weighted by molar-refractivity contribution is 7.80. The zero-order valence-corrected chi connectivity index (χ0v) is 13.1. The molecule has 0 amide bonds. The summed E-state index contributed by atoms with van der Waals surface area (Å²) in [6, 6.07) is 13.1. The van der Waals surface area contributed by atoms with Crippen LogP contribution in [0.15, 0.2) is 54.1 Å². The fraction of sp³-hybridized carbons (Fsp3) is 0.0588. The van der Waals surface area contributed by atoms with E-state index in [2.05, 4.69) is 10.6 Å². The third-order valence-corrected chi connectivity index (χ3v) is 4.41. The third-order valence-electron chi connectivity index (χ3n) is 4.19. The number of hydrogen-bond donors (Lipinski definition) is 2. The smallest absolute Gasteiger partial charge is 0.269 e. The van der Waals surface area contributed by atoms with Crippen molar-refractivity contribution in [3.63, 3.8) is 0 Å². The molecule has 0 spiro atoms. The van der Waals surface area contributed by atoms with Crippen LogP contribution in [0.1, 0.15) is 27.5 Å². The number of benzene rings is 2. The van der Waals surface area contributed by atoms with E-state index in [1.54, 1.807) is 18.2 Å².